The van der Waals surface area contributed by atoms with Crippen molar-refractivity contribution >= 4 is 8.80 Å². The second kappa shape index (κ2) is 8.66. The summed E-state index contributed by atoms with van der Waals surface area (Å²) < 4.78 is 54.3. The molecule has 1 aromatic carbocycles. The summed E-state index contributed by atoms with van der Waals surface area (Å²) in [5.74, 6) is 0. The van der Waals surface area contributed by atoms with Gasteiger partial charge in [-0.05, 0) is 37.8 Å². The monoisotopic (exact) mass is 336 g/mol. The van der Waals surface area contributed by atoms with Crippen LogP contribution in [-0.2, 0) is 25.9 Å². The van der Waals surface area contributed by atoms with Crippen LogP contribution >= 0.6 is 0 Å². The van der Waals surface area contributed by atoms with Gasteiger partial charge in [0, 0.05) is 26.9 Å². The van der Waals surface area contributed by atoms with Crippen molar-refractivity contribution < 1.29 is 26.4 Å². The first kappa shape index (κ1) is 19.2. The molecular formula is C15H23F3O3Si. The van der Waals surface area contributed by atoms with Gasteiger partial charge in [0.25, 0.3) is 0 Å². The maximum Gasteiger partial charge on any atom is 0.500 e. The Hall–Kier alpha value is -0.893. The van der Waals surface area contributed by atoms with Crippen LogP contribution in [0.3, 0.4) is 0 Å². The highest BCUT2D eigenvalue weighted by Gasteiger charge is 2.37. The molecule has 0 aliphatic heterocycles. The summed E-state index contributed by atoms with van der Waals surface area (Å²) in [7, 11) is 0.533. The predicted molar refractivity (Wildman–Crippen MR) is 80.6 cm³/mol. The largest absolute Gasteiger partial charge is 0.500 e. The normalized spacial score (nSPS) is 12.6. The smallest absolute Gasteiger partial charge is 0.377 e. The van der Waals surface area contributed by atoms with Gasteiger partial charge in [0.2, 0.25) is 0 Å². The zero-order valence-corrected chi connectivity index (χ0v) is 14.2. The van der Waals surface area contributed by atoms with Crippen LogP contribution in [0.2, 0.25) is 6.04 Å². The van der Waals surface area contributed by atoms with Crippen molar-refractivity contribution in [2.75, 3.05) is 20.8 Å². The van der Waals surface area contributed by atoms with Gasteiger partial charge in [-0.15, -0.1) is 0 Å². The lowest BCUT2D eigenvalue weighted by Crippen LogP contribution is -2.43. The first-order valence-corrected chi connectivity index (χ1v) is 9.20. The highest BCUT2D eigenvalue weighted by Crippen LogP contribution is 2.30. The molecule has 0 unspecified atom stereocenters. The van der Waals surface area contributed by atoms with Crippen molar-refractivity contribution in [2.45, 2.75) is 38.4 Å². The Morgan fingerprint density at radius 1 is 1.09 bits per heavy atom. The summed E-state index contributed by atoms with van der Waals surface area (Å²) in [5.41, 5.74) is 0.0881. The highest BCUT2D eigenvalue weighted by atomic mass is 28.4. The van der Waals surface area contributed by atoms with Gasteiger partial charge in [-0.3, -0.25) is 0 Å². The molecule has 0 heterocycles. The molecule has 7 heteroatoms. The van der Waals surface area contributed by atoms with E-state index < -0.39 is 20.5 Å². The van der Waals surface area contributed by atoms with Gasteiger partial charge in [0.1, 0.15) is 0 Å². The zero-order chi connectivity index (χ0) is 16.6. The molecule has 1 rings (SSSR count). The molecule has 0 amide bonds. The van der Waals surface area contributed by atoms with Crippen molar-refractivity contribution in [3.05, 3.63) is 35.4 Å². The summed E-state index contributed by atoms with van der Waals surface area (Å²) in [6, 6.07) is 6.12. The van der Waals surface area contributed by atoms with E-state index in [4.69, 9.17) is 13.3 Å². The van der Waals surface area contributed by atoms with E-state index in [2.05, 4.69) is 0 Å². The average molecular weight is 336 g/mol. The van der Waals surface area contributed by atoms with Crippen LogP contribution in [0.1, 0.15) is 30.9 Å². The number of halogens is 3. The minimum atomic E-state index is -4.29. The quantitative estimate of drug-likeness (QED) is 0.497. The van der Waals surface area contributed by atoms with Crippen molar-refractivity contribution in [3.8, 4) is 0 Å². The van der Waals surface area contributed by atoms with Gasteiger partial charge in [-0.1, -0.05) is 18.2 Å². The van der Waals surface area contributed by atoms with E-state index in [9.17, 15) is 13.2 Å². The lowest BCUT2D eigenvalue weighted by atomic mass is 10.1. The van der Waals surface area contributed by atoms with Crippen molar-refractivity contribution in [1.82, 2.24) is 0 Å². The zero-order valence-electron chi connectivity index (χ0n) is 13.2. The Morgan fingerprint density at radius 2 is 1.77 bits per heavy atom. The van der Waals surface area contributed by atoms with Crippen LogP contribution < -0.4 is 0 Å². The lowest BCUT2D eigenvalue weighted by molar-refractivity contribution is -0.137. The van der Waals surface area contributed by atoms with Crippen LogP contribution in [0, 0.1) is 0 Å². The van der Waals surface area contributed by atoms with Crippen LogP contribution in [0.25, 0.3) is 0 Å². The molecule has 0 aromatic heterocycles. The van der Waals surface area contributed by atoms with Crippen LogP contribution in [0.5, 0.6) is 0 Å². The summed E-state index contributed by atoms with van der Waals surface area (Å²) in [5, 5.41) is 0. The highest BCUT2D eigenvalue weighted by molar-refractivity contribution is 6.60. The van der Waals surface area contributed by atoms with E-state index in [1.807, 2.05) is 6.92 Å². The molecule has 0 N–H and O–H groups in total. The van der Waals surface area contributed by atoms with E-state index >= 15 is 0 Å². The summed E-state index contributed by atoms with van der Waals surface area (Å²) in [4.78, 5) is 0. The third-order valence-electron chi connectivity index (χ3n) is 3.44. The Morgan fingerprint density at radius 3 is 2.32 bits per heavy atom. The number of aryl methyl sites for hydroxylation is 1. The van der Waals surface area contributed by atoms with E-state index in [0.717, 1.165) is 18.9 Å². The van der Waals surface area contributed by atoms with Crippen molar-refractivity contribution in [3.63, 3.8) is 0 Å². The molecule has 0 aliphatic carbocycles. The van der Waals surface area contributed by atoms with Crippen LogP contribution in [-0.4, -0.2) is 29.6 Å². The maximum atomic E-state index is 12.6. The van der Waals surface area contributed by atoms with Gasteiger partial charge in [0.15, 0.2) is 0 Å². The number of benzene rings is 1. The van der Waals surface area contributed by atoms with Crippen molar-refractivity contribution in [2.24, 2.45) is 0 Å². The minimum absolute atomic E-state index is 0.515. The molecule has 0 radical (unpaired) electrons. The Bertz CT molecular complexity index is 448. The van der Waals surface area contributed by atoms with Gasteiger partial charge in [0.05, 0.1) is 5.56 Å². The second-order valence-corrected chi connectivity index (χ2v) is 7.90. The average Bonchev–Trinajstić information content (AvgIpc) is 2.50. The van der Waals surface area contributed by atoms with Gasteiger partial charge in [-0.2, -0.15) is 13.2 Å². The fourth-order valence-corrected chi connectivity index (χ4v) is 4.35. The molecule has 126 valence electrons. The molecule has 0 atom stereocenters. The second-order valence-electron chi connectivity index (χ2n) is 4.93. The van der Waals surface area contributed by atoms with E-state index in [1.165, 1.54) is 12.1 Å². The molecule has 22 heavy (non-hydrogen) atoms. The standard InChI is InChI=1S/C15H23F3O3Si/c1-4-21-22(19-2,20-3)11-6-5-8-13-9-7-10-14(12-13)15(16,17)18/h7,9-10,12H,4-6,8,11H2,1-3H3. The molecule has 0 aliphatic rings. The first-order valence-electron chi connectivity index (χ1n) is 7.27. The van der Waals surface area contributed by atoms with E-state index in [-0.39, 0.29) is 0 Å². The van der Waals surface area contributed by atoms with Gasteiger partial charge >= 0.3 is 15.0 Å². The molecule has 1 aromatic rings. The number of hydrogen-bond acceptors (Lipinski definition) is 3. The topological polar surface area (TPSA) is 27.7 Å². The number of alkyl halides is 3. The molecule has 0 fully saturated rings. The number of unbranched alkanes of at least 4 members (excludes halogenated alkanes) is 1. The van der Waals surface area contributed by atoms with Crippen molar-refractivity contribution in [1.29, 1.82) is 0 Å². The molecule has 3 nitrogen and oxygen atoms in total. The molecule has 0 saturated carbocycles. The van der Waals surface area contributed by atoms with Gasteiger partial charge in [-0.25, -0.2) is 0 Å². The lowest BCUT2D eigenvalue weighted by Gasteiger charge is -2.25. The van der Waals surface area contributed by atoms with Gasteiger partial charge < -0.3 is 13.3 Å². The molecule has 0 saturated heterocycles. The molecular weight excluding hydrogens is 313 g/mol. The summed E-state index contributed by atoms with van der Waals surface area (Å²) in [6.45, 7) is 2.39. The third kappa shape index (κ3) is 5.72. The molecule has 0 bridgehead atoms. The fraction of sp³-hybridized carbons (Fsp3) is 0.600. The molecule has 0 spiro atoms. The Labute approximate surface area is 130 Å². The predicted octanol–water partition coefficient (Wildman–Crippen LogP) is 4.30. The summed E-state index contributed by atoms with van der Waals surface area (Å²) >= 11 is 0. The summed E-state index contributed by atoms with van der Waals surface area (Å²) in [6.07, 6.45) is -2.16. The Kier molecular flexibility index (Phi) is 7.54. The van der Waals surface area contributed by atoms with Crippen LogP contribution in [0.4, 0.5) is 13.2 Å². The Balaban J connectivity index is 2.51. The first-order chi connectivity index (χ1) is 10.4. The number of hydrogen-bond donors (Lipinski definition) is 0. The number of rotatable bonds is 9. The van der Waals surface area contributed by atoms with Crippen LogP contribution in [0.15, 0.2) is 24.3 Å². The minimum Gasteiger partial charge on any atom is -0.377 e. The SMILES string of the molecule is CCO[Si](CCCCc1cccc(C(F)(F)F)c1)(OC)OC. The van der Waals surface area contributed by atoms with E-state index in [1.54, 1.807) is 20.3 Å². The fourth-order valence-electron chi connectivity index (χ4n) is 2.27. The maximum absolute atomic E-state index is 12.6. The van der Waals surface area contributed by atoms with E-state index in [0.29, 0.717) is 24.6 Å². The third-order valence-corrected chi connectivity index (χ3v) is 6.38.